The van der Waals surface area contributed by atoms with Crippen LogP contribution in [0.1, 0.15) is 67.5 Å². The fourth-order valence-electron chi connectivity index (χ4n) is 5.80. The van der Waals surface area contributed by atoms with Crippen molar-refractivity contribution in [3.8, 4) is 0 Å². The molecule has 0 radical (unpaired) electrons. The van der Waals surface area contributed by atoms with E-state index in [-0.39, 0.29) is 48.5 Å². The molecule has 2 heterocycles. The van der Waals surface area contributed by atoms with Gasteiger partial charge in [0.05, 0.1) is 18.8 Å². The van der Waals surface area contributed by atoms with Crippen molar-refractivity contribution in [3.05, 3.63) is 52.6 Å². The van der Waals surface area contributed by atoms with Gasteiger partial charge in [-0.2, -0.15) is 18.3 Å². The summed E-state index contributed by atoms with van der Waals surface area (Å²) in [4.78, 5) is 14.9. The van der Waals surface area contributed by atoms with Crippen LogP contribution in [-0.2, 0) is 30.5 Å². The molecule has 3 saturated carbocycles. The third-order valence-electron chi connectivity index (χ3n) is 7.99. The maximum Gasteiger partial charge on any atom is 0.435 e. The van der Waals surface area contributed by atoms with Crippen LogP contribution in [0.15, 0.2) is 24.3 Å². The lowest BCUT2D eigenvalue weighted by molar-refractivity contribution is -0.142. The molecule has 33 heavy (non-hydrogen) atoms. The fraction of sp³-hybridized carbons (Fsp3) is 0.583. The highest BCUT2D eigenvalue weighted by atomic mass is 19.4. The summed E-state index contributed by atoms with van der Waals surface area (Å²) in [6.07, 6.45) is 1.60. The zero-order chi connectivity index (χ0) is 23.4. The van der Waals surface area contributed by atoms with E-state index in [1.165, 1.54) is 28.9 Å². The second-order valence-electron chi connectivity index (χ2n) is 10.2. The molecule has 0 atom stereocenters. The number of nitrogens with zero attached hydrogens (tertiary/aromatic N) is 3. The molecular weight excluding hydrogens is 436 g/mol. The first-order chi connectivity index (χ1) is 15.6. The molecule has 6 rings (SSSR count). The summed E-state index contributed by atoms with van der Waals surface area (Å²) in [7, 11) is 0. The van der Waals surface area contributed by atoms with Crippen molar-refractivity contribution in [2.24, 2.45) is 11.1 Å². The minimum absolute atomic E-state index is 0.00448. The van der Waals surface area contributed by atoms with Gasteiger partial charge in [-0.3, -0.25) is 9.48 Å². The molecule has 9 heteroatoms. The first kappa shape index (κ1) is 22.4. The predicted molar refractivity (Wildman–Crippen MR) is 114 cm³/mol. The monoisotopic (exact) mass is 464 g/mol. The Hall–Kier alpha value is -2.42. The van der Waals surface area contributed by atoms with Crippen molar-refractivity contribution < 1.29 is 22.4 Å². The first-order valence-electron chi connectivity index (χ1n) is 11.5. The number of rotatable bonds is 4. The number of hydrogen-bond donors (Lipinski definition) is 1. The van der Waals surface area contributed by atoms with Crippen LogP contribution < -0.4 is 5.73 Å². The SMILES string of the molecule is NC12CCC(CC(=O)N3CCc4c(C(F)(F)F)nn(Cc5ccc(F)cc5)c4C3)(CC1)CC2. The Morgan fingerprint density at radius 2 is 1.70 bits per heavy atom. The lowest BCUT2D eigenvalue weighted by Crippen LogP contribution is -2.53. The smallest absolute Gasteiger partial charge is 0.336 e. The highest BCUT2D eigenvalue weighted by Gasteiger charge is 2.48. The molecule has 2 aromatic rings. The molecule has 1 aromatic heterocycles. The van der Waals surface area contributed by atoms with E-state index in [0.717, 1.165) is 38.5 Å². The maximum absolute atomic E-state index is 13.7. The number of nitrogens with two attached hydrogens (primary N) is 1. The van der Waals surface area contributed by atoms with Crippen LogP contribution in [0, 0.1) is 11.2 Å². The van der Waals surface area contributed by atoms with E-state index in [2.05, 4.69) is 5.10 Å². The Bertz CT molecular complexity index is 1040. The molecule has 3 fully saturated rings. The van der Waals surface area contributed by atoms with Crippen molar-refractivity contribution in [2.45, 2.75) is 76.2 Å². The zero-order valence-electron chi connectivity index (χ0n) is 18.4. The second kappa shape index (κ2) is 7.82. The molecule has 4 aliphatic rings. The molecule has 178 valence electrons. The molecule has 2 N–H and O–H groups in total. The second-order valence-corrected chi connectivity index (χ2v) is 10.2. The summed E-state index contributed by atoms with van der Waals surface area (Å²) in [6.45, 7) is 0.451. The van der Waals surface area contributed by atoms with Crippen molar-refractivity contribution in [1.29, 1.82) is 0 Å². The first-order valence-corrected chi connectivity index (χ1v) is 11.5. The Balaban J connectivity index is 1.37. The van der Waals surface area contributed by atoms with Gasteiger partial charge in [-0.1, -0.05) is 12.1 Å². The zero-order valence-corrected chi connectivity index (χ0v) is 18.4. The van der Waals surface area contributed by atoms with Crippen molar-refractivity contribution >= 4 is 5.91 Å². The Labute approximate surface area is 189 Å². The number of benzene rings is 1. The van der Waals surface area contributed by atoms with Crippen molar-refractivity contribution in [3.63, 3.8) is 0 Å². The number of hydrogen-bond acceptors (Lipinski definition) is 3. The molecule has 0 unspecified atom stereocenters. The summed E-state index contributed by atoms with van der Waals surface area (Å²) < 4.78 is 55.6. The van der Waals surface area contributed by atoms with Gasteiger partial charge in [0.1, 0.15) is 5.82 Å². The van der Waals surface area contributed by atoms with Crippen LogP contribution >= 0.6 is 0 Å². The average Bonchev–Trinajstić information content (AvgIpc) is 3.15. The van der Waals surface area contributed by atoms with Gasteiger partial charge in [0.15, 0.2) is 5.69 Å². The fourth-order valence-corrected chi connectivity index (χ4v) is 5.80. The van der Waals surface area contributed by atoms with E-state index in [0.29, 0.717) is 17.7 Å². The number of carbonyl (C=O) groups is 1. The summed E-state index contributed by atoms with van der Waals surface area (Å²) in [5, 5.41) is 3.88. The van der Waals surface area contributed by atoms with Gasteiger partial charge in [-0.15, -0.1) is 0 Å². The van der Waals surface area contributed by atoms with Crippen molar-refractivity contribution in [2.75, 3.05) is 6.54 Å². The van der Waals surface area contributed by atoms with Gasteiger partial charge >= 0.3 is 6.18 Å². The van der Waals surface area contributed by atoms with Crippen molar-refractivity contribution in [1.82, 2.24) is 14.7 Å². The summed E-state index contributed by atoms with van der Waals surface area (Å²) in [5.74, 6) is -0.416. The lowest BCUT2D eigenvalue weighted by atomic mass is 9.56. The van der Waals surface area contributed by atoms with Gasteiger partial charge in [-0.25, -0.2) is 4.39 Å². The topological polar surface area (TPSA) is 64.2 Å². The number of aromatic nitrogens is 2. The van der Waals surface area contributed by atoms with E-state index in [9.17, 15) is 22.4 Å². The minimum Gasteiger partial charge on any atom is -0.336 e. The molecule has 1 aromatic carbocycles. The van der Waals surface area contributed by atoms with Crippen LogP contribution in [0.25, 0.3) is 0 Å². The van der Waals surface area contributed by atoms with E-state index in [1.54, 1.807) is 4.90 Å². The molecule has 5 nitrogen and oxygen atoms in total. The number of fused-ring (bicyclic) bond motifs is 4. The molecule has 1 amide bonds. The van der Waals surface area contributed by atoms with Crippen LogP contribution in [-0.4, -0.2) is 32.7 Å². The Kier molecular flexibility index (Phi) is 5.30. The highest BCUT2D eigenvalue weighted by molar-refractivity contribution is 5.77. The Morgan fingerprint density at radius 1 is 1.06 bits per heavy atom. The third-order valence-corrected chi connectivity index (χ3v) is 7.99. The van der Waals surface area contributed by atoms with E-state index >= 15 is 0 Å². The van der Waals surface area contributed by atoms with Gasteiger partial charge in [-0.05, 0) is 68.1 Å². The van der Waals surface area contributed by atoms with Crippen LogP contribution in [0.3, 0.4) is 0 Å². The number of halogens is 4. The molecule has 2 bridgehead atoms. The molecule has 1 aliphatic heterocycles. The Morgan fingerprint density at radius 3 is 2.30 bits per heavy atom. The van der Waals surface area contributed by atoms with Crippen LogP contribution in [0.4, 0.5) is 17.6 Å². The third kappa shape index (κ3) is 4.27. The minimum atomic E-state index is -4.57. The van der Waals surface area contributed by atoms with Gasteiger partial charge in [0, 0.05) is 24.1 Å². The summed E-state index contributed by atoms with van der Waals surface area (Å²) in [6, 6.07) is 5.61. The number of amides is 1. The van der Waals surface area contributed by atoms with Gasteiger partial charge < -0.3 is 10.6 Å². The average molecular weight is 465 g/mol. The van der Waals surface area contributed by atoms with E-state index in [1.807, 2.05) is 0 Å². The molecule has 0 spiro atoms. The normalized spacial score (nSPS) is 27.0. The summed E-state index contributed by atoms with van der Waals surface area (Å²) in [5.41, 5.74) is 6.62. The molecular formula is C24H28F4N4O. The predicted octanol–water partition coefficient (Wildman–Crippen LogP) is 4.42. The lowest BCUT2D eigenvalue weighted by Gasteiger charge is -2.52. The van der Waals surface area contributed by atoms with Crippen LogP contribution in [0.2, 0.25) is 0 Å². The van der Waals surface area contributed by atoms with Gasteiger partial charge in [0.2, 0.25) is 5.91 Å². The summed E-state index contributed by atoms with van der Waals surface area (Å²) >= 11 is 0. The molecule has 3 aliphatic carbocycles. The largest absolute Gasteiger partial charge is 0.435 e. The van der Waals surface area contributed by atoms with E-state index in [4.69, 9.17) is 5.73 Å². The quantitative estimate of drug-likeness (QED) is 0.682. The van der Waals surface area contributed by atoms with Crippen LogP contribution in [0.5, 0.6) is 0 Å². The van der Waals surface area contributed by atoms with E-state index < -0.39 is 17.7 Å². The molecule has 0 saturated heterocycles. The van der Waals surface area contributed by atoms with Gasteiger partial charge in [0.25, 0.3) is 0 Å². The highest BCUT2D eigenvalue weighted by Crippen LogP contribution is 2.53. The number of carbonyl (C=O) groups excluding carboxylic acids is 1. The maximum atomic E-state index is 13.7. The number of alkyl halides is 3. The standard InChI is InChI=1S/C24H28F4N4O/c25-17-3-1-16(2-4-17)14-32-19-15-31(12-5-18(19)21(30-32)24(26,27)28)20(33)13-22-6-9-23(29,10-7-22)11-8-22/h1-4H,5-15,29H2.